The third kappa shape index (κ3) is 6.16. The highest BCUT2D eigenvalue weighted by Gasteiger charge is 2.55. The van der Waals surface area contributed by atoms with Crippen LogP contribution in [0, 0.1) is 0 Å². The summed E-state index contributed by atoms with van der Waals surface area (Å²) in [7, 11) is -2.73. The van der Waals surface area contributed by atoms with Crippen LogP contribution in [0.25, 0.3) is 11.2 Å². The number of hydrogen-bond donors (Lipinski definition) is 2. The maximum atomic E-state index is 10.4. The van der Waals surface area contributed by atoms with Gasteiger partial charge in [0, 0.05) is 13.2 Å². The minimum Gasteiger partial charge on any atom is -0.437 e. The molecule has 0 saturated carbocycles. The second-order valence-electron chi connectivity index (χ2n) is 12.0. The molecule has 0 aromatic carbocycles. The van der Waals surface area contributed by atoms with Gasteiger partial charge < -0.3 is 28.4 Å². The lowest BCUT2D eigenvalue weighted by atomic mass is 10.1. The summed E-state index contributed by atoms with van der Waals surface area (Å²) in [5.74, 6) is 0.667. The fourth-order valence-corrected chi connectivity index (χ4v) is 16.0. The molecule has 2 unspecified atom stereocenters. The van der Waals surface area contributed by atoms with E-state index < -0.39 is 42.1 Å². The summed E-state index contributed by atoms with van der Waals surface area (Å²) in [6.45, 7) is 21.7. The normalized spacial score (nSPS) is 22.9. The molecule has 3 rings (SSSR count). The van der Waals surface area contributed by atoms with E-state index in [1.165, 1.54) is 6.33 Å². The highest BCUT2D eigenvalue weighted by molar-refractivity contribution is 6.78. The molecule has 1 aliphatic heterocycles. The molecule has 0 amide bonds. The fraction of sp³-hybridized carbons (Fsp3) is 0.808. The summed E-state index contributed by atoms with van der Waals surface area (Å²) in [5, 5.41) is 13.7. The Morgan fingerprint density at radius 3 is 2.13 bits per heavy atom. The maximum Gasteiger partial charge on any atom is 0.333 e. The van der Waals surface area contributed by atoms with Crippen molar-refractivity contribution in [1.29, 1.82) is 0 Å². The first-order valence-corrected chi connectivity index (χ1v) is 17.7. The lowest BCUT2D eigenvalue weighted by Gasteiger charge is -2.45. The second-order valence-corrected chi connectivity index (χ2v) is 20.5. The van der Waals surface area contributed by atoms with Crippen LogP contribution in [-0.2, 0) is 18.0 Å². The number of rotatable bonds is 13. The molecule has 10 nitrogen and oxygen atoms in total. The van der Waals surface area contributed by atoms with Gasteiger partial charge in [-0.15, -0.1) is 0 Å². The Labute approximate surface area is 230 Å². The zero-order valence-electron chi connectivity index (χ0n) is 25.0. The van der Waals surface area contributed by atoms with Crippen LogP contribution in [0.2, 0.25) is 22.2 Å². The number of anilines is 1. The highest BCUT2D eigenvalue weighted by atomic mass is 28.4. The Balaban J connectivity index is 2.02. The van der Waals surface area contributed by atoms with Gasteiger partial charge in [-0.3, -0.25) is 4.57 Å². The smallest absolute Gasteiger partial charge is 0.333 e. The molecule has 0 spiro atoms. The SMILES string of the molecule is COC1C(O[Si](O[SiH](C(C)C)C(C)C)(C(C)C)C(C)C)[C@@H](CO)O[C@H]1n1cnc2c(NC(C)C)ncnc21. The molecule has 38 heavy (non-hydrogen) atoms. The quantitative estimate of drug-likeness (QED) is 0.331. The molecule has 2 N–H and O–H groups in total. The molecule has 2 aromatic rings. The van der Waals surface area contributed by atoms with Crippen molar-refractivity contribution in [3.05, 3.63) is 12.7 Å². The molecule has 4 atom stereocenters. The van der Waals surface area contributed by atoms with E-state index in [0.29, 0.717) is 28.1 Å². The molecule has 1 saturated heterocycles. The first kappa shape index (κ1) is 31.1. The minimum absolute atomic E-state index is 0.193. The Hall–Kier alpha value is -1.42. The van der Waals surface area contributed by atoms with Crippen molar-refractivity contribution < 1.29 is 23.1 Å². The number of methoxy groups -OCH3 is 1. The largest absolute Gasteiger partial charge is 0.437 e. The van der Waals surface area contributed by atoms with Gasteiger partial charge in [0.15, 0.2) is 32.2 Å². The highest BCUT2D eigenvalue weighted by Crippen LogP contribution is 2.43. The first-order chi connectivity index (χ1) is 17.9. The van der Waals surface area contributed by atoms with E-state index in [2.05, 4.69) is 75.7 Å². The molecular weight excluding hydrogens is 518 g/mol. The fourth-order valence-electron chi connectivity index (χ4n) is 5.60. The van der Waals surface area contributed by atoms with Crippen LogP contribution in [0.15, 0.2) is 12.7 Å². The van der Waals surface area contributed by atoms with E-state index in [9.17, 15) is 5.11 Å². The van der Waals surface area contributed by atoms with Crippen LogP contribution < -0.4 is 5.32 Å². The van der Waals surface area contributed by atoms with E-state index in [1.807, 2.05) is 18.4 Å². The van der Waals surface area contributed by atoms with Gasteiger partial charge in [0.2, 0.25) is 0 Å². The number of aliphatic hydroxyl groups excluding tert-OH is 1. The van der Waals surface area contributed by atoms with E-state index in [-0.39, 0.29) is 23.7 Å². The Morgan fingerprint density at radius 2 is 1.63 bits per heavy atom. The number of aliphatic hydroxyl groups is 1. The van der Waals surface area contributed by atoms with Crippen molar-refractivity contribution in [2.24, 2.45) is 0 Å². The molecule has 2 aromatic heterocycles. The predicted octanol–water partition coefficient (Wildman–Crippen LogP) is 4.76. The molecule has 1 fully saturated rings. The van der Waals surface area contributed by atoms with Crippen LogP contribution in [0.5, 0.6) is 0 Å². The molecule has 0 aliphatic carbocycles. The van der Waals surface area contributed by atoms with Crippen LogP contribution in [0.1, 0.15) is 75.5 Å². The Kier molecular flexibility index (Phi) is 10.5. The summed E-state index contributed by atoms with van der Waals surface area (Å²) in [6, 6.07) is 0.193. The van der Waals surface area contributed by atoms with Gasteiger partial charge in [-0.2, -0.15) is 0 Å². The average Bonchev–Trinajstić information content (AvgIpc) is 3.41. The summed E-state index contributed by atoms with van der Waals surface area (Å²) in [5.41, 5.74) is 2.66. The van der Waals surface area contributed by atoms with E-state index >= 15 is 0 Å². The van der Waals surface area contributed by atoms with Gasteiger partial charge in [0.25, 0.3) is 0 Å². The van der Waals surface area contributed by atoms with Crippen LogP contribution >= 0.6 is 0 Å². The number of nitrogens with zero attached hydrogens (tertiary/aromatic N) is 4. The van der Waals surface area contributed by atoms with Crippen molar-refractivity contribution in [2.75, 3.05) is 19.0 Å². The zero-order chi connectivity index (χ0) is 28.4. The van der Waals surface area contributed by atoms with Crippen LogP contribution in [-0.4, -0.2) is 80.3 Å². The number of nitrogens with one attached hydrogen (secondary N) is 1. The van der Waals surface area contributed by atoms with Crippen molar-refractivity contribution in [3.8, 4) is 0 Å². The van der Waals surface area contributed by atoms with Crippen LogP contribution in [0.3, 0.4) is 0 Å². The minimum atomic E-state index is -2.79. The molecule has 3 heterocycles. The monoisotopic (exact) mass is 567 g/mol. The number of aromatic nitrogens is 4. The Bertz CT molecular complexity index is 1020. The molecule has 216 valence electrons. The van der Waals surface area contributed by atoms with Crippen molar-refractivity contribution in [2.45, 2.75) is 122 Å². The van der Waals surface area contributed by atoms with Crippen molar-refractivity contribution >= 4 is 34.6 Å². The third-order valence-electron chi connectivity index (χ3n) is 7.36. The molecule has 1 aliphatic rings. The van der Waals surface area contributed by atoms with Gasteiger partial charge in [0.1, 0.15) is 24.6 Å². The number of ether oxygens (including phenoxy) is 2. The number of fused-ring (bicyclic) bond motifs is 1. The standard InChI is InChI=1S/C26H49N5O5Si2/c1-15(2)30-24-21-25(28-13-27-24)31(14-29-21)26-23(33-11)22(20(12-32)34-26)35-38(18(7)8,19(9)10)36-37(16(3)4)17(5)6/h13-20,22-23,26,32,37H,12H2,1-11H3,(H,27,28,30)/t20-,22?,23?,26-/m1/s1. The van der Waals surface area contributed by atoms with Gasteiger partial charge in [-0.25, -0.2) is 15.0 Å². The zero-order valence-corrected chi connectivity index (χ0v) is 27.2. The summed E-state index contributed by atoms with van der Waals surface area (Å²) in [4.78, 5) is 13.5. The van der Waals surface area contributed by atoms with Gasteiger partial charge in [0.05, 0.1) is 12.9 Å². The first-order valence-electron chi connectivity index (χ1n) is 14.0. The van der Waals surface area contributed by atoms with Gasteiger partial charge >= 0.3 is 8.56 Å². The van der Waals surface area contributed by atoms with Gasteiger partial charge in [-0.1, -0.05) is 55.4 Å². The molecule has 0 radical (unpaired) electrons. The Morgan fingerprint density at radius 1 is 1.00 bits per heavy atom. The average molecular weight is 568 g/mol. The van der Waals surface area contributed by atoms with Gasteiger partial charge in [-0.05, 0) is 36.0 Å². The summed E-state index contributed by atoms with van der Waals surface area (Å²) < 4.78 is 28.7. The molecule has 12 heteroatoms. The van der Waals surface area contributed by atoms with E-state index in [4.69, 9.17) is 18.0 Å². The molecule has 0 bridgehead atoms. The topological polar surface area (TPSA) is 113 Å². The maximum absolute atomic E-state index is 10.4. The third-order valence-corrected chi connectivity index (χ3v) is 16.4. The van der Waals surface area contributed by atoms with Crippen LogP contribution in [0.4, 0.5) is 5.82 Å². The van der Waals surface area contributed by atoms with Crippen molar-refractivity contribution in [3.63, 3.8) is 0 Å². The number of imidazole rings is 1. The molecular formula is C26H49N5O5Si2. The van der Waals surface area contributed by atoms with E-state index in [0.717, 1.165) is 0 Å². The summed E-state index contributed by atoms with van der Waals surface area (Å²) >= 11 is 0. The predicted molar refractivity (Wildman–Crippen MR) is 155 cm³/mol. The lowest BCUT2D eigenvalue weighted by Crippen LogP contribution is -2.57. The number of hydrogen-bond acceptors (Lipinski definition) is 9. The van der Waals surface area contributed by atoms with E-state index in [1.54, 1.807) is 13.4 Å². The lowest BCUT2D eigenvalue weighted by molar-refractivity contribution is -0.0583. The second kappa shape index (κ2) is 12.8. The van der Waals surface area contributed by atoms with Crippen molar-refractivity contribution in [1.82, 2.24) is 19.5 Å². The summed E-state index contributed by atoms with van der Waals surface area (Å²) in [6.07, 6.45) is 1.06.